The van der Waals surface area contributed by atoms with Crippen LogP contribution < -0.4 is 0 Å². The molecule has 0 aromatic heterocycles. The van der Waals surface area contributed by atoms with E-state index in [4.69, 9.17) is 0 Å². The van der Waals surface area contributed by atoms with Gasteiger partial charge in [0.2, 0.25) is 11.8 Å². The minimum absolute atomic E-state index is 0.0515. The van der Waals surface area contributed by atoms with E-state index in [0.29, 0.717) is 19.4 Å². The SMILES string of the molecule is CCCCCCCCCCCCCC(=O)N1CCCCCC1=O. The zero-order chi connectivity index (χ0) is 16.8. The molecular weight excluding hydrogens is 286 g/mol. The Kier molecular flexibility index (Phi) is 11.9. The number of nitrogens with zero attached hydrogens (tertiary/aromatic N) is 1. The standard InChI is InChI=1S/C20H37NO2/c1-2-3-4-5-6-7-8-9-10-11-13-16-19(22)21-18-15-12-14-17-20(21)23/h2-18H2,1H3. The summed E-state index contributed by atoms with van der Waals surface area (Å²) in [6.07, 6.45) is 18.3. The average Bonchev–Trinajstić information content (AvgIpc) is 2.77. The Morgan fingerprint density at radius 1 is 0.826 bits per heavy atom. The highest BCUT2D eigenvalue weighted by atomic mass is 16.2. The van der Waals surface area contributed by atoms with Gasteiger partial charge in [-0.2, -0.15) is 0 Å². The van der Waals surface area contributed by atoms with Gasteiger partial charge in [-0.1, -0.05) is 77.6 Å². The molecule has 1 aliphatic heterocycles. The summed E-state index contributed by atoms with van der Waals surface area (Å²) in [6.45, 7) is 2.91. The van der Waals surface area contributed by atoms with E-state index in [-0.39, 0.29) is 11.8 Å². The van der Waals surface area contributed by atoms with Gasteiger partial charge in [0.15, 0.2) is 0 Å². The zero-order valence-electron chi connectivity index (χ0n) is 15.3. The number of carbonyl (C=O) groups is 2. The topological polar surface area (TPSA) is 37.4 Å². The van der Waals surface area contributed by atoms with Gasteiger partial charge in [-0.3, -0.25) is 14.5 Å². The second-order valence-electron chi connectivity index (χ2n) is 7.04. The maximum Gasteiger partial charge on any atom is 0.229 e. The summed E-state index contributed by atoms with van der Waals surface area (Å²) in [6, 6.07) is 0. The molecule has 1 rings (SSSR count). The summed E-state index contributed by atoms with van der Waals surface area (Å²) < 4.78 is 0. The van der Waals surface area contributed by atoms with Crippen LogP contribution >= 0.6 is 0 Å². The molecule has 1 saturated heterocycles. The predicted octanol–water partition coefficient (Wildman–Crippen LogP) is 5.62. The first kappa shape index (κ1) is 20.2. The van der Waals surface area contributed by atoms with E-state index in [9.17, 15) is 9.59 Å². The van der Waals surface area contributed by atoms with Crippen LogP contribution in [0.5, 0.6) is 0 Å². The third-order valence-corrected chi connectivity index (χ3v) is 4.87. The number of rotatable bonds is 12. The fourth-order valence-electron chi connectivity index (χ4n) is 3.32. The van der Waals surface area contributed by atoms with Gasteiger partial charge in [0.25, 0.3) is 0 Å². The van der Waals surface area contributed by atoms with Crippen molar-refractivity contribution in [1.82, 2.24) is 4.90 Å². The molecule has 0 spiro atoms. The Labute approximate surface area is 143 Å². The van der Waals surface area contributed by atoms with Crippen molar-refractivity contribution in [3.8, 4) is 0 Å². The molecule has 3 heteroatoms. The molecule has 1 aliphatic rings. The van der Waals surface area contributed by atoms with Crippen molar-refractivity contribution in [2.24, 2.45) is 0 Å². The third kappa shape index (κ3) is 9.78. The van der Waals surface area contributed by atoms with Gasteiger partial charge in [-0.25, -0.2) is 0 Å². The van der Waals surface area contributed by atoms with Gasteiger partial charge in [-0.05, 0) is 19.3 Å². The van der Waals surface area contributed by atoms with Crippen LogP contribution in [0.1, 0.15) is 110 Å². The predicted molar refractivity (Wildman–Crippen MR) is 96.3 cm³/mol. The molecule has 23 heavy (non-hydrogen) atoms. The van der Waals surface area contributed by atoms with E-state index < -0.39 is 0 Å². The first-order chi connectivity index (χ1) is 11.3. The monoisotopic (exact) mass is 323 g/mol. The Balaban J connectivity index is 1.94. The molecule has 3 nitrogen and oxygen atoms in total. The quantitative estimate of drug-likeness (QED) is 0.437. The average molecular weight is 324 g/mol. The van der Waals surface area contributed by atoms with Crippen LogP contribution in [-0.4, -0.2) is 23.3 Å². The Morgan fingerprint density at radius 3 is 2.00 bits per heavy atom. The number of hydrogen-bond acceptors (Lipinski definition) is 2. The number of amides is 2. The highest BCUT2D eigenvalue weighted by Crippen LogP contribution is 2.15. The van der Waals surface area contributed by atoms with Crippen molar-refractivity contribution in [1.29, 1.82) is 0 Å². The largest absolute Gasteiger partial charge is 0.283 e. The normalized spacial score (nSPS) is 15.7. The van der Waals surface area contributed by atoms with Crippen LogP contribution in [0.25, 0.3) is 0 Å². The number of carbonyl (C=O) groups excluding carboxylic acids is 2. The second-order valence-corrected chi connectivity index (χ2v) is 7.04. The molecular formula is C20H37NO2. The zero-order valence-corrected chi connectivity index (χ0v) is 15.3. The summed E-state index contributed by atoms with van der Waals surface area (Å²) in [4.78, 5) is 25.5. The lowest BCUT2D eigenvalue weighted by Gasteiger charge is -2.18. The van der Waals surface area contributed by atoms with Crippen molar-refractivity contribution in [2.45, 2.75) is 110 Å². The summed E-state index contributed by atoms with van der Waals surface area (Å²) in [5, 5.41) is 0. The van der Waals surface area contributed by atoms with Crippen molar-refractivity contribution in [3.05, 3.63) is 0 Å². The number of unbranched alkanes of at least 4 members (excludes halogenated alkanes) is 10. The van der Waals surface area contributed by atoms with Gasteiger partial charge in [0.1, 0.15) is 0 Å². The second kappa shape index (κ2) is 13.6. The number of imide groups is 1. The Morgan fingerprint density at radius 2 is 1.39 bits per heavy atom. The Hall–Kier alpha value is -0.860. The van der Waals surface area contributed by atoms with Crippen LogP contribution in [0, 0.1) is 0 Å². The van der Waals surface area contributed by atoms with Gasteiger partial charge in [0, 0.05) is 19.4 Å². The highest BCUT2D eigenvalue weighted by molar-refractivity contribution is 5.95. The first-order valence-corrected chi connectivity index (χ1v) is 10.1. The minimum Gasteiger partial charge on any atom is -0.283 e. The molecule has 0 aromatic carbocycles. The van der Waals surface area contributed by atoms with E-state index in [1.807, 2.05) is 0 Å². The summed E-state index contributed by atoms with van der Waals surface area (Å²) in [7, 11) is 0. The van der Waals surface area contributed by atoms with Gasteiger partial charge in [-0.15, -0.1) is 0 Å². The highest BCUT2D eigenvalue weighted by Gasteiger charge is 2.22. The van der Waals surface area contributed by atoms with E-state index in [1.54, 1.807) is 0 Å². The molecule has 0 radical (unpaired) electrons. The van der Waals surface area contributed by atoms with Crippen LogP contribution in [0.15, 0.2) is 0 Å². The third-order valence-electron chi connectivity index (χ3n) is 4.87. The number of hydrogen-bond donors (Lipinski definition) is 0. The van der Waals surface area contributed by atoms with Gasteiger partial charge < -0.3 is 0 Å². The summed E-state index contributed by atoms with van der Waals surface area (Å²) in [5.41, 5.74) is 0. The lowest BCUT2D eigenvalue weighted by molar-refractivity contribution is -0.144. The van der Waals surface area contributed by atoms with Crippen LogP contribution in [0.2, 0.25) is 0 Å². The molecule has 1 heterocycles. The van der Waals surface area contributed by atoms with Crippen LogP contribution in [0.3, 0.4) is 0 Å². The van der Waals surface area contributed by atoms with Crippen molar-refractivity contribution in [2.75, 3.05) is 6.54 Å². The van der Waals surface area contributed by atoms with Crippen molar-refractivity contribution >= 4 is 11.8 Å². The minimum atomic E-state index is 0.0515. The molecule has 0 N–H and O–H groups in total. The lowest BCUT2D eigenvalue weighted by atomic mass is 10.1. The van der Waals surface area contributed by atoms with Crippen molar-refractivity contribution < 1.29 is 9.59 Å². The fourth-order valence-corrected chi connectivity index (χ4v) is 3.32. The molecule has 134 valence electrons. The first-order valence-electron chi connectivity index (χ1n) is 10.1. The van der Waals surface area contributed by atoms with Crippen molar-refractivity contribution in [3.63, 3.8) is 0 Å². The van der Waals surface area contributed by atoms with Gasteiger partial charge >= 0.3 is 0 Å². The molecule has 0 unspecified atom stereocenters. The molecule has 0 aromatic rings. The molecule has 0 aliphatic carbocycles. The summed E-state index contributed by atoms with van der Waals surface area (Å²) >= 11 is 0. The van der Waals surface area contributed by atoms with E-state index >= 15 is 0 Å². The number of likely N-dealkylation sites (tertiary alicyclic amines) is 1. The van der Waals surface area contributed by atoms with Crippen LogP contribution in [-0.2, 0) is 9.59 Å². The van der Waals surface area contributed by atoms with E-state index in [0.717, 1.165) is 32.1 Å². The molecule has 2 amide bonds. The fraction of sp³-hybridized carbons (Fsp3) is 0.900. The van der Waals surface area contributed by atoms with Gasteiger partial charge in [0.05, 0.1) is 0 Å². The smallest absolute Gasteiger partial charge is 0.229 e. The maximum atomic E-state index is 12.1. The molecule has 0 atom stereocenters. The van der Waals surface area contributed by atoms with E-state index in [2.05, 4.69) is 6.92 Å². The Bertz CT molecular complexity index is 328. The van der Waals surface area contributed by atoms with E-state index in [1.165, 1.54) is 62.7 Å². The molecule has 0 saturated carbocycles. The lowest BCUT2D eigenvalue weighted by Crippen LogP contribution is -2.36. The molecule has 0 bridgehead atoms. The van der Waals surface area contributed by atoms with Crippen LogP contribution in [0.4, 0.5) is 0 Å². The molecule has 1 fully saturated rings. The maximum absolute atomic E-state index is 12.1. The summed E-state index contributed by atoms with van der Waals surface area (Å²) in [5.74, 6) is 0.114.